The van der Waals surface area contributed by atoms with E-state index in [9.17, 15) is 4.79 Å². The van der Waals surface area contributed by atoms with Gasteiger partial charge in [-0.1, -0.05) is 72.8 Å². The maximum Gasteiger partial charge on any atom is 0.193 e. The maximum absolute atomic E-state index is 12.7. The van der Waals surface area contributed by atoms with Crippen molar-refractivity contribution in [2.75, 3.05) is 11.5 Å². The zero-order valence-corrected chi connectivity index (χ0v) is 17.1. The van der Waals surface area contributed by atoms with E-state index in [1.807, 2.05) is 42.5 Å². The highest BCUT2D eigenvalue weighted by atomic mass is 16.5. The lowest BCUT2D eigenvalue weighted by atomic mass is 9.96. The van der Waals surface area contributed by atoms with Gasteiger partial charge in [-0.05, 0) is 43.4 Å². The molecule has 1 aliphatic heterocycles. The molecule has 1 saturated heterocycles. The number of anilines is 1. The topological polar surface area (TPSA) is 29.5 Å². The SMILES string of the molecule is O=C(c1ccccc1)c1ccc(C[C@@H]2CO[C@@H]3CCC[C@@H]3N2c2ccccc2)cc1. The lowest BCUT2D eigenvalue weighted by Crippen LogP contribution is -2.55. The summed E-state index contributed by atoms with van der Waals surface area (Å²) in [5.74, 6) is 0.0721. The molecule has 5 rings (SSSR count). The van der Waals surface area contributed by atoms with Crippen LogP contribution in [-0.4, -0.2) is 30.6 Å². The van der Waals surface area contributed by atoms with E-state index in [1.165, 1.54) is 24.1 Å². The molecular weight excluding hydrogens is 370 g/mol. The Morgan fingerprint density at radius 2 is 1.50 bits per heavy atom. The van der Waals surface area contributed by atoms with Gasteiger partial charge in [-0.25, -0.2) is 0 Å². The molecule has 3 atom stereocenters. The number of ether oxygens (including phenoxy) is 1. The van der Waals surface area contributed by atoms with Crippen molar-refractivity contribution in [1.82, 2.24) is 0 Å². The van der Waals surface area contributed by atoms with Crippen LogP contribution in [0, 0.1) is 0 Å². The lowest BCUT2D eigenvalue weighted by Gasteiger charge is -2.45. The molecule has 3 heteroatoms. The fraction of sp³-hybridized carbons (Fsp3) is 0.296. The molecule has 2 aliphatic rings. The molecule has 0 radical (unpaired) electrons. The van der Waals surface area contributed by atoms with Crippen LogP contribution in [0.1, 0.15) is 40.7 Å². The summed E-state index contributed by atoms with van der Waals surface area (Å²) in [5, 5.41) is 0. The molecule has 30 heavy (non-hydrogen) atoms. The van der Waals surface area contributed by atoms with Gasteiger partial charge >= 0.3 is 0 Å². The van der Waals surface area contributed by atoms with E-state index < -0.39 is 0 Å². The van der Waals surface area contributed by atoms with Crippen molar-refractivity contribution in [2.24, 2.45) is 0 Å². The number of nitrogens with zero attached hydrogens (tertiary/aromatic N) is 1. The van der Waals surface area contributed by atoms with Crippen molar-refractivity contribution in [3.63, 3.8) is 0 Å². The molecule has 1 heterocycles. The monoisotopic (exact) mass is 397 g/mol. The van der Waals surface area contributed by atoms with Crippen LogP contribution in [0.15, 0.2) is 84.9 Å². The summed E-state index contributed by atoms with van der Waals surface area (Å²) in [6.07, 6.45) is 4.87. The van der Waals surface area contributed by atoms with Crippen LogP contribution < -0.4 is 4.90 Å². The largest absolute Gasteiger partial charge is 0.374 e. The Labute approximate surface area is 178 Å². The van der Waals surface area contributed by atoms with Gasteiger partial charge in [0.25, 0.3) is 0 Å². The average Bonchev–Trinajstić information content (AvgIpc) is 3.29. The first-order chi connectivity index (χ1) is 14.8. The molecule has 3 aromatic rings. The second kappa shape index (κ2) is 8.45. The minimum absolute atomic E-state index is 0.0721. The van der Waals surface area contributed by atoms with Crippen molar-refractivity contribution < 1.29 is 9.53 Å². The highest BCUT2D eigenvalue weighted by Gasteiger charge is 2.40. The fourth-order valence-electron chi connectivity index (χ4n) is 4.99. The molecular formula is C27H27NO2. The van der Waals surface area contributed by atoms with Crippen molar-refractivity contribution in [3.05, 3.63) is 102 Å². The van der Waals surface area contributed by atoms with E-state index in [-0.39, 0.29) is 5.78 Å². The van der Waals surface area contributed by atoms with E-state index in [0.29, 0.717) is 18.2 Å². The number of carbonyl (C=O) groups is 1. The quantitative estimate of drug-likeness (QED) is 0.548. The first-order valence-electron chi connectivity index (χ1n) is 10.9. The Morgan fingerprint density at radius 3 is 2.23 bits per heavy atom. The van der Waals surface area contributed by atoms with E-state index in [2.05, 4.69) is 47.4 Å². The summed E-state index contributed by atoms with van der Waals surface area (Å²) in [5.41, 5.74) is 4.00. The number of hydrogen-bond acceptors (Lipinski definition) is 3. The van der Waals surface area contributed by atoms with Crippen LogP contribution in [0.3, 0.4) is 0 Å². The molecule has 2 fully saturated rings. The van der Waals surface area contributed by atoms with Crippen LogP contribution in [0.4, 0.5) is 5.69 Å². The van der Waals surface area contributed by atoms with E-state index >= 15 is 0 Å². The summed E-state index contributed by atoms with van der Waals surface area (Å²) in [4.78, 5) is 15.3. The molecule has 3 aromatic carbocycles. The van der Waals surface area contributed by atoms with Gasteiger partial charge < -0.3 is 9.64 Å². The number of ketones is 1. The molecule has 0 unspecified atom stereocenters. The van der Waals surface area contributed by atoms with Crippen LogP contribution in [0.2, 0.25) is 0 Å². The number of rotatable bonds is 5. The van der Waals surface area contributed by atoms with Crippen LogP contribution >= 0.6 is 0 Å². The van der Waals surface area contributed by atoms with Gasteiger partial charge in [0.1, 0.15) is 0 Å². The smallest absolute Gasteiger partial charge is 0.193 e. The molecule has 3 nitrogen and oxygen atoms in total. The summed E-state index contributed by atoms with van der Waals surface area (Å²) in [7, 11) is 0. The predicted octanol–water partition coefficient (Wildman–Crippen LogP) is 5.29. The molecule has 0 amide bonds. The van der Waals surface area contributed by atoms with E-state index in [0.717, 1.165) is 30.6 Å². The highest BCUT2D eigenvalue weighted by Crippen LogP contribution is 2.36. The molecule has 0 aromatic heterocycles. The zero-order valence-electron chi connectivity index (χ0n) is 17.1. The first-order valence-corrected chi connectivity index (χ1v) is 10.9. The Bertz CT molecular complexity index is 984. The number of morpholine rings is 1. The number of carbonyl (C=O) groups excluding carboxylic acids is 1. The van der Waals surface area contributed by atoms with Crippen molar-refractivity contribution >= 4 is 11.5 Å². The van der Waals surface area contributed by atoms with Crippen LogP contribution in [0.5, 0.6) is 0 Å². The second-order valence-electron chi connectivity index (χ2n) is 8.36. The summed E-state index contributed by atoms with van der Waals surface area (Å²) in [6.45, 7) is 0.751. The third-order valence-corrected chi connectivity index (χ3v) is 6.45. The fourth-order valence-corrected chi connectivity index (χ4v) is 4.99. The standard InChI is InChI=1S/C27H27NO2/c29-27(21-8-3-1-4-9-21)22-16-14-20(15-17-22)18-24-19-30-26-13-7-12-25(26)28(24)23-10-5-2-6-11-23/h1-6,8-11,14-17,24-26H,7,12-13,18-19H2/t24-,25+,26-/m1/s1. The van der Waals surface area contributed by atoms with Crippen LogP contribution in [0.25, 0.3) is 0 Å². The van der Waals surface area contributed by atoms with Crippen molar-refractivity contribution in [3.8, 4) is 0 Å². The molecule has 0 spiro atoms. The normalized spacial score (nSPS) is 23.2. The van der Waals surface area contributed by atoms with Crippen molar-refractivity contribution in [1.29, 1.82) is 0 Å². The molecule has 152 valence electrons. The lowest BCUT2D eigenvalue weighted by molar-refractivity contribution is 0.00410. The van der Waals surface area contributed by atoms with Gasteiger partial charge in [0.2, 0.25) is 0 Å². The Hall–Kier alpha value is -2.91. The third kappa shape index (κ3) is 3.78. The summed E-state index contributed by atoms with van der Waals surface area (Å²) >= 11 is 0. The predicted molar refractivity (Wildman–Crippen MR) is 120 cm³/mol. The molecule has 0 bridgehead atoms. The van der Waals surface area contributed by atoms with Gasteiger partial charge in [-0.15, -0.1) is 0 Å². The van der Waals surface area contributed by atoms with Crippen LogP contribution in [-0.2, 0) is 11.2 Å². The average molecular weight is 398 g/mol. The minimum Gasteiger partial charge on any atom is -0.374 e. The highest BCUT2D eigenvalue weighted by molar-refractivity contribution is 6.08. The minimum atomic E-state index is 0.0721. The Morgan fingerprint density at radius 1 is 0.833 bits per heavy atom. The second-order valence-corrected chi connectivity index (χ2v) is 8.36. The van der Waals surface area contributed by atoms with E-state index in [4.69, 9.17) is 4.74 Å². The number of fused-ring (bicyclic) bond motifs is 1. The van der Waals surface area contributed by atoms with Crippen molar-refractivity contribution in [2.45, 2.75) is 43.9 Å². The summed E-state index contributed by atoms with van der Waals surface area (Å²) in [6, 6.07) is 29.1. The number of benzene rings is 3. The molecule has 1 aliphatic carbocycles. The maximum atomic E-state index is 12.7. The number of para-hydroxylation sites is 1. The third-order valence-electron chi connectivity index (χ3n) is 6.45. The Balaban J connectivity index is 1.35. The number of hydrogen-bond donors (Lipinski definition) is 0. The van der Waals surface area contributed by atoms with Gasteiger partial charge in [0, 0.05) is 16.8 Å². The Kier molecular flexibility index (Phi) is 5.37. The first kappa shape index (κ1) is 19.1. The van der Waals surface area contributed by atoms with Gasteiger partial charge in [-0.3, -0.25) is 4.79 Å². The molecule has 1 saturated carbocycles. The van der Waals surface area contributed by atoms with E-state index in [1.54, 1.807) is 0 Å². The zero-order chi connectivity index (χ0) is 20.3. The molecule has 0 N–H and O–H groups in total. The van der Waals surface area contributed by atoms with Gasteiger partial charge in [0.15, 0.2) is 5.78 Å². The summed E-state index contributed by atoms with van der Waals surface area (Å²) < 4.78 is 6.26. The van der Waals surface area contributed by atoms with Gasteiger partial charge in [-0.2, -0.15) is 0 Å². The van der Waals surface area contributed by atoms with Gasteiger partial charge in [0.05, 0.1) is 24.8 Å².